The van der Waals surface area contributed by atoms with Gasteiger partial charge in [0.1, 0.15) is 0 Å². The second-order valence-corrected chi connectivity index (χ2v) is 6.71. The molecule has 1 aliphatic rings. The highest BCUT2D eigenvalue weighted by Gasteiger charge is 2.31. The summed E-state index contributed by atoms with van der Waals surface area (Å²) in [5, 5.41) is 5.41. The maximum Gasteiger partial charge on any atom is 0.256 e. The number of rotatable bonds is 3. The van der Waals surface area contributed by atoms with Crippen LogP contribution in [0.1, 0.15) is 28.8 Å². The normalized spacial score (nSPS) is 17.8. The van der Waals surface area contributed by atoms with Gasteiger partial charge in [-0.2, -0.15) is 5.10 Å². The molecule has 0 radical (unpaired) electrons. The van der Waals surface area contributed by atoms with Crippen LogP contribution in [0.2, 0.25) is 0 Å². The molecule has 0 spiro atoms. The van der Waals surface area contributed by atoms with E-state index in [-0.39, 0.29) is 11.9 Å². The van der Waals surface area contributed by atoms with Crippen molar-refractivity contribution in [3.63, 3.8) is 0 Å². The number of hydrogen-bond donors (Lipinski definition) is 0. The van der Waals surface area contributed by atoms with Crippen molar-refractivity contribution in [2.45, 2.75) is 32.4 Å². The van der Waals surface area contributed by atoms with Gasteiger partial charge in [0.05, 0.1) is 24.3 Å². The summed E-state index contributed by atoms with van der Waals surface area (Å²) in [6, 6.07) is 8.31. The average molecular weight is 322 g/mol. The third kappa shape index (κ3) is 2.50. The van der Waals surface area contributed by atoms with E-state index in [1.165, 1.54) is 0 Å². The Balaban J connectivity index is 1.62. The van der Waals surface area contributed by atoms with Crippen molar-refractivity contribution in [1.82, 2.24) is 19.2 Å². The first-order valence-corrected chi connectivity index (χ1v) is 8.47. The zero-order chi connectivity index (χ0) is 16.7. The van der Waals surface area contributed by atoms with Gasteiger partial charge in [-0.15, -0.1) is 0 Å². The first-order chi connectivity index (χ1) is 11.6. The molecule has 1 unspecified atom stereocenters. The van der Waals surface area contributed by atoms with E-state index >= 15 is 0 Å². The van der Waals surface area contributed by atoms with Gasteiger partial charge in [-0.25, -0.2) is 0 Å². The highest BCUT2D eigenvalue weighted by Crippen LogP contribution is 2.26. The fourth-order valence-electron chi connectivity index (χ4n) is 3.74. The Morgan fingerprint density at radius 1 is 1.29 bits per heavy atom. The second-order valence-electron chi connectivity index (χ2n) is 6.71. The van der Waals surface area contributed by atoms with Gasteiger partial charge in [-0.1, -0.05) is 18.2 Å². The Labute approximate surface area is 141 Å². The number of likely N-dealkylation sites (tertiary alicyclic amines) is 1. The summed E-state index contributed by atoms with van der Waals surface area (Å²) < 4.78 is 3.99. The lowest BCUT2D eigenvalue weighted by molar-refractivity contribution is 0.0723. The van der Waals surface area contributed by atoms with Gasteiger partial charge in [-0.3, -0.25) is 9.48 Å². The second kappa shape index (κ2) is 5.82. The Kier molecular flexibility index (Phi) is 3.63. The van der Waals surface area contributed by atoms with Crippen molar-refractivity contribution in [2.24, 2.45) is 7.05 Å². The Morgan fingerprint density at radius 3 is 2.92 bits per heavy atom. The van der Waals surface area contributed by atoms with E-state index in [4.69, 9.17) is 0 Å². The number of para-hydroxylation sites is 1. The lowest BCUT2D eigenvalue weighted by atomic mass is 10.1. The molecular weight excluding hydrogens is 300 g/mol. The van der Waals surface area contributed by atoms with Gasteiger partial charge in [0.15, 0.2) is 0 Å². The van der Waals surface area contributed by atoms with Crippen LogP contribution in [0.3, 0.4) is 0 Å². The monoisotopic (exact) mass is 322 g/mol. The first-order valence-electron chi connectivity index (χ1n) is 8.47. The molecule has 1 atom stereocenters. The summed E-state index contributed by atoms with van der Waals surface area (Å²) in [7, 11) is 1.99. The number of carbonyl (C=O) groups excluding carboxylic acids is 1. The summed E-state index contributed by atoms with van der Waals surface area (Å²) in [5.41, 5.74) is 3.05. The largest absolute Gasteiger partial charge is 0.350 e. The van der Waals surface area contributed by atoms with Crippen molar-refractivity contribution in [3.8, 4) is 0 Å². The third-order valence-corrected chi connectivity index (χ3v) is 4.93. The van der Waals surface area contributed by atoms with Gasteiger partial charge in [-0.05, 0) is 31.4 Å². The summed E-state index contributed by atoms with van der Waals surface area (Å²) in [4.78, 5) is 15.2. The zero-order valence-electron chi connectivity index (χ0n) is 14.1. The van der Waals surface area contributed by atoms with E-state index in [2.05, 4.69) is 11.2 Å². The maximum atomic E-state index is 13.2. The minimum atomic E-state index is 0.137. The van der Waals surface area contributed by atoms with Crippen LogP contribution in [0.25, 0.3) is 10.9 Å². The van der Waals surface area contributed by atoms with E-state index in [1.54, 1.807) is 0 Å². The van der Waals surface area contributed by atoms with Crippen LogP contribution in [0, 0.1) is 6.92 Å². The Morgan fingerprint density at radius 2 is 2.12 bits per heavy atom. The summed E-state index contributed by atoms with van der Waals surface area (Å²) >= 11 is 0. The molecule has 1 amide bonds. The van der Waals surface area contributed by atoms with Crippen molar-refractivity contribution >= 4 is 16.8 Å². The number of amides is 1. The molecule has 124 valence electrons. The number of hydrogen-bond acceptors (Lipinski definition) is 2. The van der Waals surface area contributed by atoms with Crippen LogP contribution < -0.4 is 0 Å². The molecule has 5 heteroatoms. The van der Waals surface area contributed by atoms with Crippen LogP contribution in [0.5, 0.6) is 0 Å². The Hall–Kier alpha value is -2.56. The van der Waals surface area contributed by atoms with Crippen LogP contribution in [-0.4, -0.2) is 37.7 Å². The fraction of sp³-hybridized carbons (Fsp3) is 0.368. The van der Waals surface area contributed by atoms with E-state index in [0.29, 0.717) is 0 Å². The van der Waals surface area contributed by atoms with E-state index < -0.39 is 0 Å². The van der Waals surface area contributed by atoms with Gasteiger partial charge in [0.25, 0.3) is 5.91 Å². The minimum absolute atomic E-state index is 0.137. The maximum absolute atomic E-state index is 13.2. The molecule has 0 aliphatic carbocycles. The minimum Gasteiger partial charge on any atom is -0.350 e. The standard InChI is InChI=1S/C19H22N4O/c1-14-10-20-22(11-14)12-15-6-5-9-23(15)19(24)17-13-21(2)18-8-4-3-7-16(17)18/h3-4,7-8,10-11,13,15H,5-6,9,12H2,1-2H3. The number of aromatic nitrogens is 3. The van der Waals surface area contributed by atoms with Gasteiger partial charge in [0.2, 0.25) is 0 Å². The zero-order valence-corrected chi connectivity index (χ0v) is 14.1. The molecule has 5 nitrogen and oxygen atoms in total. The highest BCUT2D eigenvalue weighted by molar-refractivity contribution is 6.07. The molecule has 2 aromatic heterocycles. The number of fused-ring (bicyclic) bond motifs is 1. The fourth-order valence-corrected chi connectivity index (χ4v) is 3.74. The van der Waals surface area contributed by atoms with Crippen molar-refractivity contribution < 1.29 is 4.79 Å². The van der Waals surface area contributed by atoms with Gasteiger partial charge < -0.3 is 9.47 Å². The topological polar surface area (TPSA) is 43.1 Å². The van der Waals surface area contributed by atoms with Crippen molar-refractivity contribution in [1.29, 1.82) is 0 Å². The molecule has 0 N–H and O–H groups in total. The number of benzene rings is 1. The third-order valence-electron chi connectivity index (χ3n) is 4.93. The molecular formula is C19H22N4O. The molecule has 0 saturated carbocycles. The quantitative estimate of drug-likeness (QED) is 0.744. The lowest BCUT2D eigenvalue weighted by Crippen LogP contribution is -2.38. The van der Waals surface area contributed by atoms with E-state index in [9.17, 15) is 4.79 Å². The van der Waals surface area contributed by atoms with Crippen molar-refractivity contribution in [2.75, 3.05) is 6.54 Å². The predicted octanol–water partition coefficient (Wildman–Crippen LogP) is 2.99. The van der Waals surface area contributed by atoms with Gasteiger partial charge in [0, 0.05) is 36.9 Å². The smallest absolute Gasteiger partial charge is 0.256 e. The molecule has 1 aliphatic heterocycles. The molecule has 3 aromatic rings. The molecule has 1 aromatic carbocycles. The lowest BCUT2D eigenvalue weighted by Gasteiger charge is -2.24. The highest BCUT2D eigenvalue weighted by atomic mass is 16.2. The molecule has 3 heterocycles. The van der Waals surface area contributed by atoms with E-state index in [0.717, 1.165) is 48.0 Å². The summed E-state index contributed by atoms with van der Waals surface area (Å²) in [6.07, 6.45) is 7.96. The van der Waals surface area contributed by atoms with Crippen LogP contribution in [0.15, 0.2) is 42.9 Å². The molecule has 24 heavy (non-hydrogen) atoms. The summed E-state index contributed by atoms with van der Waals surface area (Å²) in [6.45, 7) is 3.63. The Bertz CT molecular complexity index is 892. The average Bonchev–Trinajstić information content (AvgIpc) is 3.28. The molecule has 0 bridgehead atoms. The van der Waals surface area contributed by atoms with Crippen molar-refractivity contribution in [3.05, 3.63) is 54.0 Å². The SMILES string of the molecule is Cc1cnn(CC2CCCN2C(=O)c2cn(C)c3ccccc23)c1. The van der Waals surface area contributed by atoms with Crippen LogP contribution in [0.4, 0.5) is 0 Å². The molecule has 1 fully saturated rings. The predicted molar refractivity (Wildman–Crippen MR) is 93.9 cm³/mol. The first kappa shape index (κ1) is 15.0. The number of carbonyl (C=O) groups is 1. The molecule has 1 saturated heterocycles. The van der Waals surface area contributed by atoms with Crippen LogP contribution >= 0.6 is 0 Å². The molecule has 4 rings (SSSR count). The summed E-state index contributed by atoms with van der Waals surface area (Å²) in [5.74, 6) is 0.137. The number of nitrogens with zero attached hydrogens (tertiary/aromatic N) is 4. The van der Waals surface area contributed by atoms with Gasteiger partial charge >= 0.3 is 0 Å². The van der Waals surface area contributed by atoms with E-state index in [1.807, 2.05) is 64.9 Å². The number of aryl methyl sites for hydroxylation is 2. The van der Waals surface area contributed by atoms with Crippen LogP contribution in [-0.2, 0) is 13.6 Å².